The summed E-state index contributed by atoms with van der Waals surface area (Å²) in [6, 6.07) is 17.6. The predicted molar refractivity (Wildman–Crippen MR) is 71.9 cm³/mol. The Bertz CT molecular complexity index is 803. The second-order valence-corrected chi connectivity index (χ2v) is 4.20. The van der Waals surface area contributed by atoms with Gasteiger partial charge in [0.1, 0.15) is 11.9 Å². The van der Waals surface area contributed by atoms with Crippen molar-refractivity contribution in [2.75, 3.05) is 0 Å². The summed E-state index contributed by atoms with van der Waals surface area (Å²) in [7, 11) is 0. The number of halogens is 1. The maximum Gasteiger partial charge on any atom is 0.123 e. The molecule has 0 saturated carbocycles. The van der Waals surface area contributed by atoms with Crippen molar-refractivity contribution in [1.29, 1.82) is 5.26 Å². The standard InChI is InChI=1S/C16H9FN2/c17-14-6-3-5-12(9-14)16-13(10-18)8-11-4-1-2-7-15(11)19-16/h1-9H. The molecule has 0 bridgehead atoms. The van der Waals surface area contributed by atoms with Gasteiger partial charge in [-0.25, -0.2) is 9.37 Å². The molecule has 0 amide bonds. The Morgan fingerprint density at radius 2 is 1.84 bits per heavy atom. The summed E-state index contributed by atoms with van der Waals surface area (Å²) in [4.78, 5) is 4.47. The van der Waals surface area contributed by atoms with Crippen LogP contribution in [0.5, 0.6) is 0 Å². The van der Waals surface area contributed by atoms with Crippen LogP contribution < -0.4 is 0 Å². The highest BCUT2D eigenvalue weighted by molar-refractivity contribution is 5.84. The van der Waals surface area contributed by atoms with Gasteiger partial charge in [0.15, 0.2) is 0 Å². The van der Waals surface area contributed by atoms with Gasteiger partial charge < -0.3 is 0 Å². The SMILES string of the molecule is N#Cc1cc2ccccc2nc1-c1cccc(F)c1. The van der Waals surface area contributed by atoms with Crippen molar-refractivity contribution in [3.05, 3.63) is 66.0 Å². The molecular weight excluding hydrogens is 239 g/mol. The van der Waals surface area contributed by atoms with Crippen LogP contribution in [0.2, 0.25) is 0 Å². The molecule has 3 heteroatoms. The molecule has 3 aromatic rings. The number of hydrogen-bond acceptors (Lipinski definition) is 2. The van der Waals surface area contributed by atoms with Crippen molar-refractivity contribution in [1.82, 2.24) is 4.98 Å². The van der Waals surface area contributed by atoms with E-state index >= 15 is 0 Å². The van der Waals surface area contributed by atoms with Gasteiger partial charge in [-0.15, -0.1) is 0 Å². The van der Waals surface area contributed by atoms with Gasteiger partial charge in [-0.1, -0.05) is 30.3 Å². The van der Waals surface area contributed by atoms with Crippen LogP contribution >= 0.6 is 0 Å². The Morgan fingerprint density at radius 1 is 1.00 bits per heavy atom. The van der Waals surface area contributed by atoms with E-state index < -0.39 is 0 Å². The minimum absolute atomic E-state index is 0.337. The Balaban J connectivity index is 2.31. The zero-order valence-corrected chi connectivity index (χ0v) is 9.97. The zero-order valence-electron chi connectivity index (χ0n) is 9.97. The van der Waals surface area contributed by atoms with Gasteiger partial charge in [0.2, 0.25) is 0 Å². The molecule has 0 fully saturated rings. The number of hydrogen-bond donors (Lipinski definition) is 0. The number of pyridine rings is 1. The molecule has 2 aromatic carbocycles. The molecule has 0 radical (unpaired) electrons. The first-order valence-electron chi connectivity index (χ1n) is 5.84. The number of nitriles is 1. The second-order valence-electron chi connectivity index (χ2n) is 4.20. The molecule has 3 rings (SSSR count). The van der Waals surface area contributed by atoms with Crippen molar-refractivity contribution in [3.8, 4) is 17.3 Å². The minimum atomic E-state index is -0.337. The fraction of sp³-hybridized carbons (Fsp3) is 0. The van der Waals surface area contributed by atoms with E-state index in [-0.39, 0.29) is 5.82 Å². The van der Waals surface area contributed by atoms with Gasteiger partial charge in [0.05, 0.1) is 16.8 Å². The average Bonchev–Trinajstić information content (AvgIpc) is 2.46. The van der Waals surface area contributed by atoms with Crippen molar-refractivity contribution < 1.29 is 4.39 Å². The summed E-state index contributed by atoms with van der Waals surface area (Å²) in [5.74, 6) is -0.337. The summed E-state index contributed by atoms with van der Waals surface area (Å²) in [6.45, 7) is 0. The van der Waals surface area contributed by atoms with Gasteiger partial charge in [0, 0.05) is 10.9 Å². The molecule has 90 valence electrons. The predicted octanol–water partition coefficient (Wildman–Crippen LogP) is 3.91. The van der Waals surface area contributed by atoms with Crippen molar-refractivity contribution in [2.45, 2.75) is 0 Å². The monoisotopic (exact) mass is 248 g/mol. The third-order valence-electron chi connectivity index (χ3n) is 2.94. The number of nitrogens with zero attached hydrogens (tertiary/aromatic N) is 2. The lowest BCUT2D eigenvalue weighted by Gasteiger charge is -2.06. The van der Waals surface area contributed by atoms with Crippen molar-refractivity contribution in [2.24, 2.45) is 0 Å². The smallest absolute Gasteiger partial charge is 0.123 e. The van der Waals surface area contributed by atoms with E-state index in [4.69, 9.17) is 0 Å². The van der Waals surface area contributed by atoms with Gasteiger partial charge >= 0.3 is 0 Å². The summed E-state index contributed by atoms with van der Waals surface area (Å²) in [5, 5.41) is 10.1. The Labute approximate surface area is 109 Å². The molecule has 0 aliphatic carbocycles. The van der Waals surface area contributed by atoms with Gasteiger partial charge in [-0.3, -0.25) is 0 Å². The molecule has 1 aromatic heterocycles. The van der Waals surface area contributed by atoms with Crippen LogP contribution in [0.4, 0.5) is 4.39 Å². The summed E-state index contributed by atoms with van der Waals surface area (Å²) in [6.07, 6.45) is 0. The fourth-order valence-electron chi connectivity index (χ4n) is 2.06. The van der Waals surface area contributed by atoms with E-state index in [1.807, 2.05) is 24.3 Å². The second kappa shape index (κ2) is 4.51. The van der Waals surface area contributed by atoms with Crippen molar-refractivity contribution >= 4 is 10.9 Å². The highest BCUT2D eigenvalue weighted by Crippen LogP contribution is 2.25. The lowest BCUT2D eigenvalue weighted by Crippen LogP contribution is -1.91. The highest BCUT2D eigenvalue weighted by Gasteiger charge is 2.09. The maximum absolute atomic E-state index is 13.3. The molecule has 0 unspecified atom stereocenters. The Kier molecular flexibility index (Phi) is 2.70. The Morgan fingerprint density at radius 3 is 2.63 bits per heavy atom. The summed E-state index contributed by atoms with van der Waals surface area (Å²) < 4.78 is 13.3. The van der Waals surface area contributed by atoms with Gasteiger partial charge in [0.25, 0.3) is 0 Å². The lowest BCUT2D eigenvalue weighted by atomic mass is 10.0. The number of aromatic nitrogens is 1. The molecule has 0 aliphatic heterocycles. The molecule has 0 spiro atoms. The summed E-state index contributed by atoms with van der Waals surface area (Å²) >= 11 is 0. The molecule has 0 aliphatic rings. The van der Waals surface area contributed by atoms with Crippen LogP contribution in [-0.4, -0.2) is 4.98 Å². The van der Waals surface area contributed by atoms with Crippen LogP contribution in [0, 0.1) is 17.1 Å². The lowest BCUT2D eigenvalue weighted by molar-refractivity contribution is 0.628. The normalized spacial score (nSPS) is 10.3. The van der Waals surface area contributed by atoms with E-state index in [1.165, 1.54) is 12.1 Å². The van der Waals surface area contributed by atoms with Crippen LogP contribution in [-0.2, 0) is 0 Å². The summed E-state index contributed by atoms with van der Waals surface area (Å²) in [5.41, 5.74) is 2.37. The van der Waals surface area contributed by atoms with Crippen LogP contribution in [0.15, 0.2) is 54.6 Å². The zero-order chi connectivity index (χ0) is 13.2. The quantitative estimate of drug-likeness (QED) is 0.654. The van der Waals surface area contributed by atoms with Gasteiger partial charge in [-0.05, 0) is 24.3 Å². The van der Waals surface area contributed by atoms with E-state index in [0.717, 1.165) is 10.9 Å². The van der Waals surface area contributed by atoms with Crippen LogP contribution in [0.3, 0.4) is 0 Å². The van der Waals surface area contributed by atoms with Crippen LogP contribution in [0.25, 0.3) is 22.2 Å². The van der Waals surface area contributed by atoms with E-state index in [1.54, 1.807) is 18.2 Å². The molecule has 0 saturated heterocycles. The largest absolute Gasteiger partial charge is 0.246 e. The van der Waals surface area contributed by atoms with Crippen LogP contribution in [0.1, 0.15) is 5.56 Å². The van der Waals surface area contributed by atoms with Gasteiger partial charge in [-0.2, -0.15) is 5.26 Å². The first-order valence-corrected chi connectivity index (χ1v) is 5.84. The molecule has 1 heterocycles. The average molecular weight is 248 g/mol. The Hall–Kier alpha value is -2.73. The molecule has 0 N–H and O–H groups in total. The maximum atomic E-state index is 13.3. The topological polar surface area (TPSA) is 36.7 Å². The molecule has 0 atom stereocenters. The minimum Gasteiger partial charge on any atom is -0.246 e. The highest BCUT2D eigenvalue weighted by atomic mass is 19.1. The van der Waals surface area contributed by atoms with E-state index in [0.29, 0.717) is 16.8 Å². The first kappa shape index (κ1) is 11.4. The number of fused-ring (bicyclic) bond motifs is 1. The number of rotatable bonds is 1. The third-order valence-corrected chi connectivity index (χ3v) is 2.94. The molecule has 2 nitrogen and oxygen atoms in total. The first-order chi connectivity index (χ1) is 9.28. The van der Waals surface area contributed by atoms with E-state index in [2.05, 4.69) is 11.1 Å². The number of benzene rings is 2. The van der Waals surface area contributed by atoms with Crippen molar-refractivity contribution in [3.63, 3.8) is 0 Å². The number of para-hydroxylation sites is 1. The third kappa shape index (κ3) is 2.04. The molecular formula is C16H9FN2. The van der Waals surface area contributed by atoms with E-state index in [9.17, 15) is 9.65 Å². The fourth-order valence-corrected chi connectivity index (χ4v) is 2.06. The molecule has 19 heavy (non-hydrogen) atoms.